The Bertz CT molecular complexity index is 3260. The van der Waals surface area contributed by atoms with E-state index in [1.54, 1.807) is 0 Å². The van der Waals surface area contributed by atoms with Crippen LogP contribution in [0.2, 0.25) is 0 Å². The van der Waals surface area contributed by atoms with Crippen LogP contribution in [0, 0.1) is 0 Å². The van der Waals surface area contributed by atoms with E-state index >= 15 is 0 Å². The van der Waals surface area contributed by atoms with Gasteiger partial charge in [0.15, 0.2) is 5.58 Å². The van der Waals surface area contributed by atoms with Gasteiger partial charge in [-0.25, -0.2) is 9.97 Å². The predicted molar refractivity (Wildman–Crippen MR) is 239 cm³/mol. The van der Waals surface area contributed by atoms with E-state index in [4.69, 9.17) is 19.4 Å². The second-order valence-corrected chi connectivity index (χ2v) is 14.5. The molecule has 0 spiro atoms. The maximum Gasteiger partial charge on any atom is 0.153 e. The molecule has 11 aromatic rings. The van der Waals surface area contributed by atoms with Crippen molar-refractivity contribution >= 4 is 60.8 Å². The second-order valence-electron chi connectivity index (χ2n) is 14.5. The van der Waals surface area contributed by atoms with E-state index in [1.807, 2.05) is 60.8 Å². The van der Waals surface area contributed by atoms with E-state index in [1.165, 1.54) is 21.9 Å². The molecule has 0 unspecified atom stereocenters. The third kappa shape index (κ3) is 6.03. The van der Waals surface area contributed by atoms with E-state index in [2.05, 4.69) is 150 Å². The van der Waals surface area contributed by atoms with Gasteiger partial charge in [-0.3, -0.25) is 4.98 Å². The molecule has 0 atom stereocenters. The van der Waals surface area contributed by atoms with Crippen molar-refractivity contribution in [3.63, 3.8) is 0 Å². The number of nitrogens with zero attached hydrogens (tertiary/aromatic N) is 4. The normalized spacial score (nSPS) is 11.4. The van der Waals surface area contributed by atoms with Gasteiger partial charge >= 0.3 is 0 Å². The summed E-state index contributed by atoms with van der Waals surface area (Å²) in [7, 11) is 0. The fourth-order valence-electron chi connectivity index (χ4n) is 7.96. The third-order valence-corrected chi connectivity index (χ3v) is 10.9. The topological polar surface area (TPSA) is 55.1 Å². The maximum absolute atomic E-state index is 6.05. The summed E-state index contributed by atoms with van der Waals surface area (Å²) in [6.45, 7) is 0. The molecule has 0 fully saturated rings. The van der Waals surface area contributed by atoms with E-state index in [0.717, 1.165) is 83.8 Å². The van der Waals surface area contributed by atoms with Gasteiger partial charge in [-0.1, -0.05) is 121 Å². The van der Waals surface area contributed by atoms with Crippen LogP contribution in [-0.4, -0.2) is 15.0 Å². The standard InChI is InChI=1S/C53H34N4O/c1-2-10-39(11-3-1)52-51-42(13-8-32-54-51)34-48(56-52)38-22-28-45(29-23-38)57(43-24-18-36(19-25-43)41-17-16-35-9-4-5-12-40(35)33-41)44-26-20-37(21-27-44)47-30-31-50-53(55-47)46-14-6-7-15-49(46)58-50/h1-34H. The molecule has 0 N–H and O–H groups in total. The highest BCUT2D eigenvalue weighted by atomic mass is 16.3. The average Bonchev–Trinajstić information content (AvgIpc) is 3.68. The summed E-state index contributed by atoms with van der Waals surface area (Å²) in [5.41, 5.74) is 14.6. The molecule has 0 saturated carbocycles. The molecule has 0 amide bonds. The van der Waals surface area contributed by atoms with Gasteiger partial charge < -0.3 is 9.32 Å². The van der Waals surface area contributed by atoms with Crippen molar-refractivity contribution in [2.45, 2.75) is 0 Å². The highest BCUT2D eigenvalue weighted by molar-refractivity contribution is 6.03. The van der Waals surface area contributed by atoms with Crippen LogP contribution in [0.25, 0.3) is 88.6 Å². The lowest BCUT2D eigenvalue weighted by molar-refractivity contribution is 0.668. The first-order valence-corrected chi connectivity index (χ1v) is 19.4. The Kier molecular flexibility index (Phi) is 8.07. The van der Waals surface area contributed by atoms with Gasteiger partial charge in [-0.2, -0.15) is 0 Å². The van der Waals surface area contributed by atoms with E-state index in [9.17, 15) is 0 Å². The summed E-state index contributed by atoms with van der Waals surface area (Å²) in [6, 6.07) is 69.9. The summed E-state index contributed by atoms with van der Waals surface area (Å²) in [6.07, 6.45) is 1.83. The summed E-state index contributed by atoms with van der Waals surface area (Å²) in [4.78, 5) is 17.2. The monoisotopic (exact) mass is 742 g/mol. The quantitative estimate of drug-likeness (QED) is 0.163. The van der Waals surface area contributed by atoms with Crippen molar-refractivity contribution in [3.8, 4) is 44.9 Å². The number of hydrogen-bond acceptors (Lipinski definition) is 5. The minimum Gasteiger partial charge on any atom is -0.454 e. The molecule has 0 aliphatic carbocycles. The van der Waals surface area contributed by atoms with Crippen LogP contribution in [0.4, 0.5) is 17.1 Å². The Labute approximate surface area is 335 Å². The fraction of sp³-hybridized carbons (Fsp3) is 0. The molecule has 5 heteroatoms. The van der Waals surface area contributed by atoms with Crippen LogP contribution in [0.15, 0.2) is 211 Å². The Hall–Kier alpha value is -7.89. The van der Waals surface area contributed by atoms with Gasteiger partial charge in [0.1, 0.15) is 11.1 Å². The van der Waals surface area contributed by atoms with Gasteiger partial charge in [0.05, 0.1) is 22.6 Å². The molecule has 4 heterocycles. The summed E-state index contributed by atoms with van der Waals surface area (Å²) >= 11 is 0. The zero-order valence-corrected chi connectivity index (χ0v) is 31.3. The van der Waals surface area contributed by atoms with Crippen LogP contribution < -0.4 is 4.90 Å². The molecule has 0 saturated heterocycles. The molecule has 0 aliphatic rings. The Morgan fingerprint density at radius 1 is 0.362 bits per heavy atom. The highest BCUT2D eigenvalue weighted by Gasteiger charge is 2.17. The third-order valence-electron chi connectivity index (χ3n) is 10.9. The van der Waals surface area contributed by atoms with Gasteiger partial charge in [0.2, 0.25) is 0 Å². The highest BCUT2D eigenvalue weighted by Crippen LogP contribution is 2.39. The maximum atomic E-state index is 6.05. The van der Waals surface area contributed by atoms with Crippen LogP contribution in [0.1, 0.15) is 0 Å². The Morgan fingerprint density at radius 3 is 1.74 bits per heavy atom. The van der Waals surface area contributed by atoms with Crippen LogP contribution in [-0.2, 0) is 0 Å². The van der Waals surface area contributed by atoms with Gasteiger partial charge in [-0.15, -0.1) is 0 Å². The van der Waals surface area contributed by atoms with Crippen molar-refractivity contribution in [3.05, 3.63) is 206 Å². The average molecular weight is 743 g/mol. The number of pyridine rings is 3. The molecular weight excluding hydrogens is 709 g/mol. The van der Waals surface area contributed by atoms with Crippen molar-refractivity contribution in [2.75, 3.05) is 4.90 Å². The molecule has 272 valence electrons. The lowest BCUT2D eigenvalue weighted by Crippen LogP contribution is -2.09. The van der Waals surface area contributed by atoms with Crippen LogP contribution in [0.5, 0.6) is 0 Å². The Morgan fingerprint density at radius 2 is 0.983 bits per heavy atom. The van der Waals surface area contributed by atoms with E-state index < -0.39 is 0 Å². The number of fused-ring (bicyclic) bond motifs is 5. The largest absolute Gasteiger partial charge is 0.454 e. The lowest BCUT2D eigenvalue weighted by atomic mass is 10.0. The minimum atomic E-state index is 0.787. The molecule has 0 radical (unpaired) electrons. The number of benzene rings is 7. The van der Waals surface area contributed by atoms with Crippen LogP contribution in [0.3, 0.4) is 0 Å². The van der Waals surface area contributed by atoms with Crippen molar-refractivity contribution in [1.29, 1.82) is 0 Å². The Balaban J connectivity index is 0.979. The molecule has 4 aromatic heterocycles. The molecule has 0 aliphatic heterocycles. The van der Waals surface area contributed by atoms with E-state index in [0.29, 0.717) is 0 Å². The summed E-state index contributed by atoms with van der Waals surface area (Å²) in [5.74, 6) is 0. The van der Waals surface area contributed by atoms with Crippen LogP contribution >= 0.6 is 0 Å². The molecular formula is C53H34N4O. The number of hydrogen-bond donors (Lipinski definition) is 0. The first-order chi connectivity index (χ1) is 28.7. The molecule has 11 rings (SSSR count). The van der Waals surface area contributed by atoms with Crippen molar-refractivity contribution in [2.24, 2.45) is 0 Å². The number of rotatable bonds is 7. The first-order valence-electron chi connectivity index (χ1n) is 19.4. The zero-order valence-electron chi connectivity index (χ0n) is 31.3. The lowest BCUT2D eigenvalue weighted by Gasteiger charge is -2.26. The van der Waals surface area contributed by atoms with Gasteiger partial charge in [-0.05, 0) is 101 Å². The zero-order chi connectivity index (χ0) is 38.4. The molecule has 5 nitrogen and oxygen atoms in total. The first kappa shape index (κ1) is 33.4. The van der Waals surface area contributed by atoms with Gasteiger partial charge in [0.25, 0.3) is 0 Å². The smallest absolute Gasteiger partial charge is 0.153 e. The van der Waals surface area contributed by atoms with E-state index in [-0.39, 0.29) is 0 Å². The molecule has 7 aromatic carbocycles. The second kappa shape index (κ2) is 14.0. The summed E-state index contributed by atoms with van der Waals surface area (Å²) < 4.78 is 6.05. The number of aromatic nitrogens is 3. The summed E-state index contributed by atoms with van der Waals surface area (Å²) in [5, 5.41) is 4.54. The number of furan rings is 1. The number of para-hydroxylation sites is 1. The fourth-order valence-corrected chi connectivity index (χ4v) is 7.96. The van der Waals surface area contributed by atoms with Crippen molar-refractivity contribution in [1.82, 2.24) is 15.0 Å². The molecule has 0 bridgehead atoms. The molecule has 58 heavy (non-hydrogen) atoms. The number of anilines is 3. The van der Waals surface area contributed by atoms with Crippen molar-refractivity contribution < 1.29 is 4.42 Å². The predicted octanol–water partition coefficient (Wildman–Crippen LogP) is 14.2. The minimum absolute atomic E-state index is 0.787. The SMILES string of the molecule is c1ccc(-c2nc(-c3ccc(N(c4ccc(-c5ccc6ccccc6c5)cc4)c4ccc(-c5ccc6oc7ccccc7c6n5)cc4)cc3)cc3cccnc23)cc1. The van der Waals surface area contributed by atoms with Gasteiger partial charge in [0, 0.05) is 50.7 Å².